The summed E-state index contributed by atoms with van der Waals surface area (Å²) in [6, 6.07) is 14.3. The van der Waals surface area contributed by atoms with Crippen LogP contribution in [0.4, 0.5) is 16.3 Å². The number of pyridine rings is 1. The third-order valence-corrected chi connectivity index (χ3v) is 4.15. The topological polar surface area (TPSA) is 57.7 Å². The van der Waals surface area contributed by atoms with Crippen LogP contribution in [0.3, 0.4) is 0 Å². The van der Waals surface area contributed by atoms with Crippen LogP contribution in [0, 0.1) is 0 Å². The van der Waals surface area contributed by atoms with Gasteiger partial charge in [-0.15, -0.1) is 0 Å². The van der Waals surface area contributed by atoms with Gasteiger partial charge in [0.05, 0.1) is 19.0 Å². The minimum absolute atomic E-state index is 0.494. The minimum atomic E-state index is -0.509. The highest BCUT2D eigenvalue weighted by atomic mass is 16.5. The predicted molar refractivity (Wildman–Crippen MR) is 94.2 cm³/mol. The SMILES string of the molecule is COC(=O)Nc1ccc(N2CCN(Cc3ccccc3)CC2)cn1. The molecule has 2 aromatic rings. The van der Waals surface area contributed by atoms with Crippen molar-refractivity contribution in [2.45, 2.75) is 6.54 Å². The highest BCUT2D eigenvalue weighted by Gasteiger charge is 2.17. The van der Waals surface area contributed by atoms with Gasteiger partial charge < -0.3 is 9.64 Å². The Morgan fingerprint density at radius 1 is 1.12 bits per heavy atom. The molecule has 126 valence electrons. The number of anilines is 2. The molecule has 1 N–H and O–H groups in total. The standard InChI is InChI=1S/C18H22N4O2/c1-24-18(23)20-17-8-7-16(13-19-17)22-11-9-21(10-12-22)14-15-5-3-2-4-6-15/h2-8,13H,9-12,14H2,1H3,(H,19,20,23). The number of piperazine rings is 1. The second-order valence-electron chi connectivity index (χ2n) is 5.77. The van der Waals surface area contributed by atoms with E-state index in [-0.39, 0.29) is 0 Å². The van der Waals surface area contributed by atoms with Crippen LogP contribution in [0.5, 0.6) is 0 Å². The van der Waals surface area contributed by atoms with Crippen molar-refractivity contribution in [2.24, 2.45) is 0 Å². The van der Waals surface area contributed by atoms with Crippen LogP contribution in [0.25, 0.3) is 0 Å². The van der Waals surface area contributed by atoms with E-state index in [9.17, 15) is 4.79 Å². The maximum Gasteiger partial charge on any atom is 0.412 e. The monoisotopic (exact) mass is 326 g/mol. The molecule has 0 spiro atoms. The number of nitrogens with zero attached hydrogens (tertiary/aromatic N) is 3. The molecule has 1 aromatic carbocycles. The van der Waals surface area contributed by atoms with Crippen LogP contribution in [0.2, 0.25) is 0 Å². The zero-order chi connectivity index (χ0) is 16.8. The number of ether oxygens (including phenoxy) is 1. The number of nitrogens with one attached hydrogen (secondary N) is 1. The maximum atomic E-state index is 11.2. The van der Waals surface area contributed by atoms with Crippen LogP contribution in [-0.2, 0) is 11.3 Å². The van der Waals surface area contributed by atoms with Gasteiger partial charge in [0.1, 0.15) is 5.82 Å². The average Bonchev–Trinajstić information content (AvgIpc) is 2.64. The number of aromatic nitrogens is 1. The Morgan fingerprint density at radius 3 is 2.50 bits per heavy atom. The number of rotatable bonds is 4. The van der Waals surface area contributed by atoms with Gasteiger partial charge in [-0.2, -0.15) is 0 Å². The zero-order valence-corrected chi connectivity index (χ0v) is 13.8. The van der Waals surface area contributed by atoms with Crippen molar-refractivity contribution in [1.82, 2.24) is 9.88 Å². The van der Waals surface area contributed by atoms with Crippen LogP contribution in [-0.4, -0.2) is 49.3 Å². The van der Waals surface area contributed by atoms with Gasteiger partial charge in [-0.1, -0.05) is 30.3 Å². The van der Waals surface area contributed by atoms with Gasteiger partial charge >= 0.3 is 6.09 Å². The second kappa shape index (κ2) is 7.79. The normalized spacial score (nSPS) is 15.1. The molecule has 1 fully saturated rings. The third-order valence-electron chi connectivity index (χ3n) is 4.15. The number of carbonyl (C=O) groups excluding carboxylic acids is 1. The Labute approximate surface area is 142 Å². The lowest BCUT2D eigenvalue weighted by atomic mass is 10.2. The number of amides is 1. The first-order chi connectivity index (χ1) is 11.7. The van der Waals surface area contributed by atoms with Crippen LogP contribution in [0.15, 0.2) is 48.7 Å². The van der Waals surface area contributed by atoms with E-state index in [0.717, 1.165) is 38.4 Å². The Hall–Kier alpha value is -2.60. The van der Waals surface area contributed by atoms with Crippen molar-refractivity contribution in [1.29, 1.82) is 0 Å². The number of benzene rings is 1. The van der Waals surface area contributed by atoms with Crippen LogP contribution < -0.4 is 10.2 Å². The molecule has 3 rings (SSSR count). The van der Waals surface area contributed by atoms with Gasteiger partial charge in [0.2, 0.25) is 0 Å². The molecule has 1 aliphatic heterocycles. The summed E-state index contributed by atoms with van der Waals surface area (Å²) in [7, 11) is 1.33. The first-order valence-electron chi connectivity index (χ1n) is 8.07. The van der Waals surface area contributed by atoms with Crippen LogP contribution >= 0.6 is 0 Å². The molecule has 1 amide bonds. The lowest BCUT2D eigenvalue weighted by molar-refractivity contribution is 0.187. The predicted octanol–water partition coefficient (Wildman–Crippen LogP) is 2.58. The van der Waals surface area contributed by atoms with E-state index in [1.807, 2.05) is 12.1 Å². The zero-order valence-electron chi connectivity index (χ0n) is 13.8. The van der Waals surface area contributed by atoms with Crippen molar-refractivity contribution in [2.75, 3.05) is 43.5 Å². The fourth-order valence-electron chi connectivity index (χ4n) is 2.81. The van der Waals surface area contributed by atoms with Crippen molar-refractivity contribution < 1.29 is 9.53 Å². The van der Waals surface area contributed by atoms with Crippen molar-refractivity contribution in [3.05, 3.63) is 54.2 Å². The fourth-order valence-corrected chi connectivity index (χ4v) is 2.81. The highest BCUT2D eigenvalue weighted by molar-refractivity contribution is 5.83. The van der Waals surface area contributed by atoms with E-state index >= 15 is 0 Å². The molecule has 2 heterocycles. The van der Waals surface area contributed by atoms with Gasteiger partial charge in [-0.3, -0.25) is 10.2 Å². The van der Waals surface area contributed by atoms with E-state index < -0.39 is 6.09 Å². The van der Waals surface area contributed by atoms with Gasteiger partial charge in [0.15, 0.2) is 0 Å². The third kappa shape index (κ3) is 4.23. The van der Waals surface area contributed by atoms with E-state index in [1.165, 1.54) is 12.7 Å². The molecule has 0 atom stereocenters. The molecule has 0 unspecified atom stereocenters. The van der Waals surface area contributed by atoms with Crippen molar-refractivity contribution >= 4 is 17.6 Å². The van der Waals surface area contributed by atoms with Gasteiger partial charge in [-0.25, -0.2) is 9.78 Å². The van der Waals surface area contributed by atoms with E-state index in [2.05, 4.69) is 49.1 Å². The number of hydrogen-bond acceptors (Lipinski definition) is 5. The molecule has 1 saturated heterocycles. The van der Waals surface area contributed by atoms with Crippen molar-refractivity contribution in [3.8, 4) is 0 Å². The first-order valence-corrected chi connectivity index (χ1v) is 8.07. The van der Waals surface area contributed by atoms with Gasteiger partial charge in [-0.05, 0) is 17.7 Å². The molecule has 6 heteroatoms. The molecular formula is C18H22N4O2. The Kier molecular flexibility index (Phi) is 5.28. The molecule has 1 aromatic heterocycles. The molecule has 6 nitrogen and oxygen atoms in total. The Morgan fingerprint density at radius 2 is 1.88 bits per heavy atom. The largest absolute Gasteiger partial charge is 0.453 e. The summed E-state index contributed by atoms with van der Waals surface area (Å²) >= 11 is 0. The van der Waals surface area contributed by atoms with Gasteiger partial charge in [0.25, 0.3) is 0 Å². The van der Waals surface area contributed by atoms with Crippen LogP contribution in [0.1, 0.15) is 5.56 Å². The summed E-state index contributed by atoms with van der Waals surface area (Å²) in [6.07, 6.45) is 1.28. The summed E-state index contributed by atoms with van der Waals surface area (Å²) in [5.74, 6) is 0.494. The lowest BCUT2D eigenvalue weighted by Crippen LogP contribution is -2.46. The lowest BCUT2D eigenvalue weighted by Gasteiger charge is -2.36. The summed E-state index contributed by atoms with van der Waals surface area (Å²) in [5, 5.41) is 2.56. The van der Waals surface area contributed by atoms with E-state index in [0.29, 0.717) is 5.82 Å². The van der Waals surface area contributed by atoms with E-state index in [1.54, 1.807) is 12.3 Å². The maximum absolute atomic E-state index is 11.2. The van der Waals surface area contributed by atoms with Crippen molar-refractivity contribution in [3.63, 3.8) is 0 Å². The second-order valence-corrected chi connectivity index (χ2v) is 5.77. The summed E-state index contributed by atoms with van der Waals surface area (Å²) < 4.78 is 4.56. The number of hydrogen-bond donors (Lipinski definition) is 1. The quantitative estimate of drug-likeness (QED) is 0.936. The molecule has 0 radical (unpaired) electrons. The first kappa shape index (κ1) is 16.3. The minimum Gasteiger partial charge on any atom is -0.453 e. The molecular weight excluding hydrogens is 304 g/mol. The molecule has 0 aliphatic carbocycles. The Bertz CT molecular complexity index is 652. The molecule has 0 bridgehead atoms. The molecule has 24 heavy (non-hydrogen) atoms. The summed E-state index contributed by atoms with van der Waals surface area (Å²) in [5.41, 5.74) is 2.43. The number of methoxy groups -OCH3 is 1. The fraction of sp³-hybridized carbons (Fsp3) is 0.333. The smallest absolute Gasteiger partial charge is 0.412 e. The molecule has 1 aliphatic rings. The highest BCUT2D eigenvalue weighted by Crippen LogP contribution is 2.18. The molecule has 0 saturated carbocycles. The summed E-state index contributed by atoms with van der Waals surface area (Å²) in [4.78, 5) is 20.2. The number of carbonyl (C=O) groups is 1. The van der Waals surface area contributed by atoms with E-state index in [4.69, 9.17) is 0 Å². The summed E-state index contributed by atoms with van der Waals surface area (Å²) in [6.45, 7) is 4.99. The van der Waals surface area contributed by atoms with Gasteiger partial charge in [0, 0.05) is 32.7 Å². The Balaban J connectivity index is 1.52. The average molecular weight is 326 g/mol.